The van der Waals surface area contributed by atoms with Crippen LogP contribution in [0.25, 0.3) is 0 Å². The second-order valence-electron chi connectivity index (χ2n) is 8.06. The number of hydrogen-bond acceptors (Lipinski definition) is 1. The maximum atomic E-state index is 3.81. The summed E-state index contributed by atoms with van der Waals surface area (Å²) in [6, 6.07) is 0.769. The lowest BCUT2D eigenvalue weighted by Crippen LogP contribution is -2.40. The van der Waals surface area contributed by atoms with E-state index in [0.29, 0.717) is 5.41 Å². The van der Waals surface area contributed by atoms with Gasteiger partial charge in [-0.2, -0.15) is 0 Å². The molecule has 1 saturated carbocycles. The van der Waals surface area contributed by atoms with Crippen LogP contribution >= 0.6 is 0 Å². The lowest BCUT2D eigenvalue weighted by Gasteiger charge is -2.40. The van der Waals surface area contributed by atoms with Gasteiger partial charge in [-0.25, -0.2) is 0 Å². The molecule has 1 aliphatic rings. The van der Waals surface area contributed by atoms with Crippen LogP contribution in [0.15, 0.2) is 0 Å². The van der Waals surface area contributed by atoms with Crippen molar-refractivity contribution in [3.63, 3.8) is 0 Å². The molecule has 1 aliphatic carbocycles. The van der Waals surface area contributed by atoms with Gasteiger partial charge >= 0.3 is 0 Å². The van der Waals surface area contributed by atoms with Gasteiger partial charge in [0.15, 0.2) is 0 Å². The van der Waals surface area contributed by atoms with E-state index in [-0.39, 0.29) is 0 Å². The Labute approximate surface area is 128 Å². The number of hydrogen-bond donors (Lipinski definition) is 1. The number of rotatable bonds is 7. The van der Waals surface area contributed by atoms with Crippen LogP contribution in [0.2, 0.25) is 0 Å². The quantitative estimate of drug-likeness (QED) is 0.636. The minimum Gasteiger partial charge on any atom is -0.314 e. The molecule has 1 unspecified atom stereocenters. The van der Waals surface area contributed by atoms with Gasteiger partial charge in [-0.3, -0.25) is 0 Å². The fourth-order valence-corrected chi connectivity index (χ4v) is 4.07. The topological polar surface area (TPSA) is 12.0 Å². The largest absolute Gasteiger partial charge is 0.314 e. The van der Waals surface area contributed by atoms with E-state index in [1.807, 2.05) is 0 Å². The molecule has 20 heavy (non-hydrogen) atoms. The van der Waals surface area contributed by atoms with E-state index >= 15 is 0 Å². The van der Waals surface area contributed by atoms with Crippen LogP contribution in [-0.4, -0.2) is 12.6 Å². The summed E-state index contributed by atoms with van der Waals surface area (Å²) >= 11 is 0. The first-order valence-electron chi connectivity index (χ1n) is 9.15. The van der Waals surface area contributed by atoms with Crippen LogP contribution in [0.5, 0.6) is 0 Å². The maximum absolute atomic E-state index is 3.81. The van der Waals surface area contributed by atoms with Crippen molar-refractivity contribution in [1.82, 2.24) is 5.32 Å². The predicted octanol–water partition coefficient (Wildman–Crippen LogP) is 5.64. The Morgan fingerprint density at radius 3 is 1.90 bits per heavy atom. The van der Waals surface area contributed by atoms with Gasteiger partial charge in [0.2, 0.25) is 0 Å². The molecule has 0 spiro atoms. The first-order valence-corrected chi connectivity index (χ1v) is 9.15. The lowest BCUT2D eigenvalue weighted by molar-refractivity contribution is 0.125. The molecule has 120 valence electrons. The summed E-state index contributed by atoms with van der Waals surface area (Å²) in [6.07, 6.45) is 9.86. The molecule has 0 aromatic heterocycles. The van der Waals surface area contributed by atoms with Crippen molar-refractivity contribution in [2.45, 2.75) is 92.5 Å². The Morgan fingerprint density at radius 2 is 1.50 bits per heavy atom. The monoisotopic (exact) mass is 281 g/mol. The van der Waals surface area contributed by atoms with Crippen LogP contribution in [0.4, 0.5) is 0 Å². The van der Waals surface area contributed by atoms with Gasteiger partial charge in [0.05, 0.1) is 0 Å². The van der Waals surface area contributed by atoms with E-state index in [1.54, 1.807) is 0 Å². The van der Waals surface area contributed by atoms with Crippen LogP contribution in [0.3, 0.4) is 0 Å². The van der Waals surface area contributed by atoms with Gasteiger partial charge in [-0.1, -0.05) is 54.4 Å². The zero-order valence-electron chi connectivity index (χ0n) is 15.0. The Hall–Kier alpha value is -0.0400. The zero-order valence-corrected chi connectivity index (χ0v) is 15.0. The van der Waals surface area contributed by atoms with Crippen molar-refractivity contribution >= 4 is 0 Å². The van der Waals surface area contributed by atoms with E-state index in [1.165, 1.54) is 44.9 Å². The van der Waals surface area contributed by atoms with E-state index in [0.717, 1.165) is 30.3 Å². The maximum Gasteiger partial charge on any atom is 0.00978 e. The molecular formula is C19H39N. The van der Waals surface area contributed by atoms with Crippen LogP contribution in [-0.2, 0) is 0 Å². The van der Waals surface area contributed by atoms with Gasteiger partial charge < -0.3 is 5.32 Å². The summed E-state index contributed by atoms with van der Waals surface area (Å²) in [5, 5.41) is 3.81. The van der Waals surface area contributed by atoms with Crippen molar-refractivity contribution < 1.29 is 0 Å². The smallest absolute Gasteiger partial charge is 0.00978 e. The molecule has 1 N–H and O–H groups in total. The van der Waals surface area contributed by atoms with Crippen molar-refractivity contribution in [2.75, 3.05) is 6.54 Å². The molecule has 0 bridgehead atoms. The first kappa shape index (κ1) is 18.0. The summed E-state index contributed by atoms with van der Waals surface area (Å²) in [5.41, 5.74) is 0.508. The molecule has 0 aromatic rings. The van der Waals surface area contributed by atoms with Crippen molar-refractivity contribution in [2.24, 2.45) is 23.2 Å². The molecule has 0 saturated heterocycles. The summed E-state index contributed by atoms with van der Waals surface area (Å²) in [4.78, 5) is 0. The van der Waals surface area contributed by atoms with Crippen molar-refractivity contribution in [3.8, 4) is 0 Å². The van der Waals surface area contributed by atoms with E-state index in [4.69, 9.17) is 0 Å². The van der Waals surface area contributed by atoms with Crippen molar-refractivity contribution in [3.05, 3.63) is 0 Å². The van der Waals surface area contributed by atoms with Gasteiger partial charge in [0, 0.05) is 6.04 Å². The minimum absolute atomic E-state index is 0.508. The van der Waals surface area contributed by atoms with Gasteiger partial charge in [0.25, 0.3) is 0 Å². The van der Waals surface area contributed by atoms with Gasteiger partial charge in [0.1, 0.15) is 0 Å². The third kappa shape index (κ3) is 5.39. The third-order valence-corrected chi connectivity index (χ3v) is 5.77. The van der Waals surface area contributed by atoms with Gasteiger partial charge in [-0.15, -0.1) is 0 Å². The average Bonchev–Trinajstić information content (AvgIpc) is 2.42. The summed E-state index contributed by atoms with van der Waals surface area (Å²) < 4.78 is 0. The second-order valence-corrected chi connectivity index (χ2v) is 8.06. The van der Waals surface area contributed by atoms with E-state index in [9.17, 15) is 0 Å². The molecule has 0 heterocycles. The highest BCUT2D eigenvalue weighted by atomic mass is 14.9. The fraction of sp³-hybridized carbons (Fsp3) is 1.00. The molecule has 0 radical (unpaired) electrons. The molecular weight excluding hydrogens is 242 g/mol. The summed E-state index contributed by atoms with van der Waals surface area (Å²) in [5.74, 6) is 2.78. The predicted molar refractivity (Wildman–Crippen MR) is 91.1 cm³/mol. The molecule has 1 atom stereocenters. The Balaban J connectivity index is 2.53. The van der Waals surface area contributed by atoms with E-state index in [2.05, 4.69) is 46.9 Å². The van der Waals surface area contributed by atoms with Crippen LogP contribution in [0.1, 0.15) is 86.5 Å². The molecule has 0 aliphatic heterocycles. The van der Waals surface area contributed by atoms with Gasteiger partial charge in [-0.05, 0) is 61.8 Å². The third-order valence-electron chi connectivity index (χ3n) is 5.77. The Bertz CT molecular complexity index is 241. The highest BCUT2D eigenvalue weighted by molar-refractivity contribution is 4.86. The molecule has 0 aromatic carbocycles. The van der Waals surface area contributed by atoms with Crippen LogP contribution < -0.4 is 5.32 Å². The normalized spacial score (nSPS) is 25.9. The lowest BCUT2D eigenvalue weighted by atomic mass is 9.68. The average molecular weight is 282 g/mol. The SMILES string of the molecule is CCNC(CC(CC)CC)C1CCC(C(C)(C)C)CC1. The highest BCUT2D eigenvalue weighted by Gasteiger charge is 2.33. The fourth-order valence-electron chi connectivity index (χ4n) is 4.07. The molecule has 1 fully saturated rings. The molecule has 1 heteroatoms. The highest BCUT2D eigenvalue weighted by Crippen LogP contribution is 2.41. The minimum atomic E-state index is 0.508. The Morgan fingerprint density at radius 1 is 0.950 bits per heavy atom. The summed E-state index contributed by atoms with van der Waals surface area (Å²) in [7, 11) is 0. The molecule has 1 rings (SSSR count). The number of nitrogens with one attached hydrogen (secondary N) is 1. The Kier molecular flexibility index (Phi) is 7.58. The second kappa shape index (κ2) is 8.41. The first-order chi connectivity index (χ1) is 9.42. The van der Waals surface area contributed by atoms with Crippen molar-refractivity contribution in [1.29, 1.82) is 0 Å². The molecule has 1 nitrogen and oxygen atoms in total. The standard InChI is InChI=1S/C19H39N/c1-7-15(8-2)14-18(20-9-3)16-10-12-17(13-11-16)19(4,5)6/h15-18,20H,7-14H2,1-6H3. The van der Waals surface area contributed by atoms with Crippen LogP contribution in [0, 0.1) is 23.2 Å². The summed E-state index contributed by atoms with van der Waals surface area (Å²) in [6.45, 7) is 15.4. The molecule has 0 amide bonds. The zero-order chi connectivity index (χ0) is 15.2. The van der Waals surface area contributed by atoms with E-state index < -0.39 is 0 Å².